The zero-order chi connectivity index (χ0) is 25.4. The van der Waals surface area contributed by atoms with Crippen molar-refractivity contribution in [2.45, 2.75) is 32.2 Å². The number of ketones is 1. The number of likely N-dealkylation sites (tertiary alicyclic amines) is 1. The molecule has 1 amide bonds. The molecule has 0 unspecified atom stereocenters. The summed E-state index contributed by atoms with van der Waals surface area (Å²) < 4.78 is 0. The molecular weight excluding hydrogens is 472 g/mol. The molecule has 182 valence electrons. The van der Waals surface area contributed by atoms with Crippen LogP contribution in [0.4, 0.5) is 0 Å². The molecule has 1 aromatic heterocycles. The Labute approximate surface area is 215 Å². The number of para-hydroxylation sites is 1. The highest BCUT2D eigenvalue weighted by molar-refractivity contribution is 6.46. The minimum atomic E-state index is -0.688. The van der Waals surface area contributed by atoms with Crippen LogP contribution in [-0.2, 0) is 16.0 Å². The maximum atomic E-state index is 13.3. The van der Waals surface area contributed by atoms with Crippen molar-refractivity contribution in [3.8, 4) is 0 Å². The SMILES string of the molecule is CC(C)c1ccc([C@H]2C(=C(O)c3ccc(Cl)cc3)C(=O)C(=O)N2CCc2c[nH]c3ccccc23)cc1. The van der Waals surface area contributed by atoms with Crippen molar-refractivity contribution in [1.82, 2.24) is 9.88 Å². The Balaban J connectivity index is 1.56. The largest absolute Gasteiger partial charge is 0.507 e. The van der Waals surface area contributed by atoms with Gasteiger partial charge in [0, 0.05) is 34.2 Å². The summed E-state index contributed by atoms with van der Waals surface area (Å²) in [6.45, 7) is 4.56. The molecule has 1 atom stereocenters. The number of hydrogen-bond donors (Lipinski definition) is 2. The first-order valence-corrected chi connectivity index (χ1v) is 12.4. The van der Waals surface area contributed by atoms with E-state index in [-0.39, 0.29) is 11.3 Å². The fourth-order valence-corrected chi connectivity index (χ4v) is 4.99. The van der Waals surface area contributed by atoms with Gasteiger partial charge in [-0.05, 0) is 59.4 Å². The maximum absolute atomic E-state index is 13.3. The summed E-state index contributed by atoms with van der Waals surface area (Å²) in [4.78, 5) is 31.4. The molecule has 1 saturated heterocycles. The number of amides is 1. The molecule has 4 aromatic rings. The van der Waals surface area contributed by atoms with Crippen molar-refractivity contribution < 1.29 is 14.7 Å². The number of aromatic amines is 1. The van der Waals surface area contributed by atoms with Gasteiger partial charge in [0.05, 0.1) is 11.6 Å². The van der Waals surface area contributed by atoms with Crippen LogP contribution in [-0.4, -0.2) is 33.2 Å². The van der Waals surface area contributed by atoms with Gasteiger partial charge in [-0.1, -0.05) is 67.9 Å². The molecule has 0 aliphatic carbocycles. The molecule has 2 N–H and O–H groups in total. The summed E-state index contributed by atoms with van der Waals surface area (Å²) >= 11 is 6.02. The number of halogens is 1. The number of carbonyl (C=O) groups excluding carboxylic acids is 2. The van der Waals surface area contributed by atoms with Gasteiger partial charge in [-0.2, -0.15) is 0 Å². The monoisotopic (exact) mass is 498 g/mol. The first-order valence-electron chi connectivity index (χ1n) is 12.0. The van der Waals surface area contributed by atoms with E-state index in [2.05, 4.69) is 18.8 Å². The van der Waals surface area contributed by atoms with E-state index < -0.39 is 17.7 Å². The second-order valence-corrected chi connectivity index (χ2v) is 9.87. The van der Waals surface area contributed by atoms with Gasteiger partial charge in [-0.3, -0.25) is 9.59 Å². The first kappa shape index (κ1) is 23.9. The van der Waals surface area contributed by atoms with E-state index in [1.54, 1.807) is 29.2 Å². The third-order valence-corrected chi connectivity index (χ3v) is 7.13. The Morgan fingerprint density at radius 2 is 1.69 bits per heavy atom. The predicted molar refractivity (Wildman–Crippen MR) is 143 cm³/mol. The van der Waals surface area contributed by atoms with Gasteiger partial charge >= 0.3 is 0 Å². The number of fused-ring (bicyclic) bond motifs is 1. The van der Waals surface area contributed by atoms with Crippen LogP contribution in [0.3, 0.4) is 0 Å². The number of H-pyrrole nitrogens is 1. The third kappa shape index (κ3) is 4.31. The molecule has 6 heteroatoms. The van der Waals surface area contributed by atoms with E-state index in [9.17, 15) is 14.7 Å². The number of carbonyl (C=O) groups is 2. The third-order valence-electron chi connectivity index (χ3n) is 6.87. The Morgan fingerprint density at radius 3 is 2.39 bits per heavy atom. The molecule has 36 heavy (non-hydrogen) atoms. The molecule has 0 saturated carbocycles. The van der Waals surface area contributed by atoms with Crippen LogP contribution in [0, 0.1) is 0 Å². The first-order chi connectivity index (χ1) is 17.3. The molecule has 0 radical (unpaired) electrons. The van der Waals surface area contributed by atoms with E-state index in [0.717, 1.165) is 27.6 Å². The van der Waals surface area contributed by atoms with Crippen LogP contribution < -0.4 is 0 Å². The van der Waals surface area contributed by atoms with E-state index >= 15 is 0 Å². The minimum absolute atomic E-state index is 0.0959. The highest BCUT2D eigenvalue weighted by atomic mass is 35.5. The molecule has 5 nitrogen and oxygen atoms in total. The Morgan fingerprint density at radius 1 is 1.00 bits per heavy atom. The van der Waals surface area contributed by atoms with Gasteiger partial charge in [0.1, 0.15) is 5.76 Å². The molecule has 0 bridgehead atoms. The molecule has 1 aliphatic rings. The Hall–Kier alpha value is -3.83. The number of aliphatic hydroxyl groups is 1. The van der Waals surface area contributed by atoms with Crippen molar-refractivity contribution in [1.29, 1.82) is 0 Å². The van der Waals surface area contributed by atoms with Crippen LogP contribution in [0.2, 0.25) is 5.02 Å². The Kier molecular flexibility index (Phi) is 6.42. The van der Waals surface area contributed by atoms with Crippen LogP contribution in [0.25, 0.3) is 16.7 Å². The summed E-state index contributed by atoms with van der Waals surface area (Å²) in [5.74, 6) is -1.14. The minimum Gasteiger partial charge on any atom is -0.507 e. The smallest absolute Gasteiger partial charge is 0.295 e. The Bertz CT molecular complexity index is 1470. The van der Waals surface area contributed by atoms with Crippen molar-refractivity contribution in [2.24, 2.45) is 0 Å². The summed E-state index contributed by atoms with van der Waals surface area (Å²) in [5.41, 5.74) is 4.58. The molecule has 2 heterocycles. The van der Waals surface area contributed by atoms with Crippen LogP contribution in [0.5, 0.6) is 0 Å². The molecular formula is C30H27ClN2O3. The van der Waals surface area contributed by atoms with Crippen molar-refractivity contribution in [3.63, 3.8) is 0 Å². The zero-order valence-corrected chi connectivity index (χ0v) is 20.9. The number of aliphatic hydroxyl groups excluding tert-OH is 1. The lowest BCUT2D eigenvalue weighted by molar-refractivity contribution is -0.139. The molecule has 1 fully saturated rings. The predicted octanol–water partition coefficient (Wildman–Crippen LogP) is 6.61. The van der Waals surface area contributed by atoms with Gasteiger partial charge in [-0.25, -0.2) is 0 Å². The van der Waals surface area contributed by atoms with Crippen molar-refractivity contribution in [2.75, 3.05) is 6.54 Å². The maximum Gasteiger partial charge on any atom is 0.295 e. The normalized spacial score (nSPS) is 17.4. The standard InChI is InChI=1S/C30H27ClN2O3/c1-18(2)19-7-9-20(10-8-19)27-26(28(34)21-11-13-23(31)14-12-21)29(35)30(36)33(27)16-15-22-17-32-25-6-4-3-5-24(22)25/h3-14,17-18,27,32,34H,15-16H2,1-2H3/t27-/m0/s1. The molecule has 1 aliphatic heterocycles. The quantitative estimate of drug-likeness (QED) is 0.178. The highest BCUT2D eigenvalue weighted by Crippen LogP contribution is 2.40. The van der Waals surface area contributed by atoms with Crippen molar-refractivity contribution in [3.05, 3.63) is 112 Å². The van der Waals surface area contributed by atoms with Crippen LogP contribution in [0.1, 0.15) is 48.1 Å². The van der Waals surface area contributed by atoms with E-state index in [0.29, 0.717) is 29.5 Å². The van der Waals surface area contributed by atoms with Gasteiger partial charge in [0.25, 0.3) is 11.7 Å². The molecule has 0 spiro atoms. The fourth-order valence-electron chi connectivity index (χ4n) is 4.86. The zero-order valence-electron chi connectivity index (χ0n) is 20.2. The summed E-state index contributed by atoms with van der Waals surface area (Å²) in [6.07, 6.45) is 2.51. The van der Waals surface area contributed by atoms with Gasteiger partial charge < -0.3 is 15.0 Å². The summed E-state index contributed by atoms with van der Waals surface area (Å²) in [5, 5.41) is 12.8. The number of aromatic nitrogens is 1. The number of hydrogen-bond acceptors (Lipinski definition) is 3. The lowest BCUT2D eigenvalue weighted by Gasteiger charge is -2.25. The average molecular weight is 499 g/mol. The second-order valence-electron chi connectivity index (χ2n) is 9.43. The van der Waals surface area contributed by atoms with Gasteiger partial charge in [0.2, 0.25) is 0 Å². The summed E-state index contributed by atoms with van der Waals surface area (Å²) in [7, 11) is 0. The number of nitrogens with zero attached hydrogens (tertiary/aromatic N) is 1. The number of Topliss-reactive ketones (excluding diaryl/α,β-unsaturated/α-hetero) is 1. The van der Waals surface area contributed by atoms with E-state index in [1.807, 2.05) is 54.7 Å². The van der Waals surface area contributed by atoms with E-state index in [4.69, 9.17) is 11.6 Å². The molecule has 5 rings (SSSR count). The average Bonchev–Trinajstić information content (AvgIpc) is 3.41. The second kappa shape index (κ2) is 9.67. The highest BCUT2D eigenvalue weighted by Gasteiger charge is 2.45. The summed E-state index contributed by atoms with van der Waals surface area (Å²) in [6, 6.07) is 21.8. The fraction of sp³-hybridized carbons (Fsp3) is 0.200. The van der Waals surface area contributed by atoms with Crippen molar-refractivity contribution >= 4 is 40.0 Å². The number of benzene rings is 3. The van der Waals surface area contributed by atoms with Crippen LogP contribution in [0.15, 0.2) is 84.6 Å². The molecule has 3 aromatic carbocycles. The topological polar surface area (TPSA) is 73.4 Å². The number of rotatable bonds is 6. The lowest BCUT2D eigenvalue weighted by atomic mass is 9.93. The van der Waals surface area contributed by atoms with Gasteiger partial charge in [-0.15, -0.1) is 0 Å². The van der Waals surface area contributed by atoms with Crippen LogP contribution >= 0.6 is 11.6 Å². The lowest BCUT2D eigenvalue weighted by Crippen LogP contribution is -2.31. The number of nitrogens with one attached hydrogen (secondary N) is 1. The van der Waals surface area contributed by atoms with E-state index in [1.165, 1.54) is 0 Å². The van der Waals surface area contributed by atoms with Gasteiger partial charge in [0.15, 0.2) is 0 Å².